The number of hydrogen-bond acceptors (Lipinski definition) is 7. The molecule has 0 radical (unpaired) electrons. The van der Waals surface area contributed by atoms with E-state index < -0.39 is 0 Å². The van der Waals surface area contributed by atoms with Gasteiger partial charge in [0.15, 0.2) is 11.5 Å². The van der Waals surface area contributed by atoms with Gasteiger partial charge in [-0.2, -0.15) is 9.78 Å². The first-order chi connectivity index (χ1) is 16.2. The van der Waals surface area contributed by atoms with Gasteiger partial charge in [-0.3, -0.25) is 9.78 Å². The largest absolute Gasteiger partial charge is 0.454 e. The fraction of sp³-hybridized carbons (Fsp3) is 0.348. The van der Waals surface area contributed by atoms with Crippen LogP contribution in [0.15, 0.2) is 55.4 Å². The second kappa shape index (κ2) is 7.88. The molecule has 0 aliphatic carbocycles. The third-order valence-corrected chi connectivity index (χ3v) is 6.66. The molecule has 2 amide bonds. The SMILES string of the molecule is O=C1[C@H](c2cccnc2)[C@@H](c2ccc3c(c2)OCO3)N1C1CCN(C(=O)n2cncn2)CC1. The molecule has 0 N–H and O–H groups in total. The minimum Gasteiger partial charge on any atom is -0.454 e. The van der Waals surface area contributed by atoms with Crippen molar-refractivity contribution in [3.05, 3.63) is 66.5 Å². The lowest BCUT2D eigenvalue weighted by atomic mass is 9.76. The fourth-order valence-electron chi connectivity index (χ4n) is 5.04. The van der Waals surface area contributed by atoms with Crippen molar-refractivity contribution < 1.29 is 19.1 Å². The summed E-state index contributed by atoms with van der Waals surface area (Å²) in [6.07, 6.45) is 7.63. The predicted molar refractivity (Wildman–Crippen MR) is 115 cm³/mol. The minimum atomic E-state index is -0.297. The van der Waals surface area contributed by atoms with Crippen LogP contribution in [0.5, 0.6) is 11.5 Å². The van der Waals surface area contributed by atoms with Crippen molar-refractivity contribution in [2.45, 2.75) is 30.8 Å². The smallest absolute Gasteiger partial charge is 0.346 e. The van der Waals surface area contributed by atoms with Crippen molar-refractivity contribution in [1.29, 1.82) is 0 Å². The van der Waals surface area contributed by atoms with E-state index in [0.717, 1.165) is 11.1 Å². The average Bonchev–Trinajstić information content (AvgIpc) is 3.55. The van der Waals surface area contributed by atoms with E-state index in [4.69, 9.17) is 9.47 Å². The molecular formula is C23H22N6O4. The Hall–Kier alpha value is -3.95. The van der Waals surface area contributed by atoms with Crippen LogP contribution in [0.1, 0.15) is 35.9 Å². The Morgan fingerprint density at radius 3 is 2.64 bits per heavy atom. The van der Waals surface area contributed by atoms with E-state index in [-0.39, 0.29) is 36.7 Å². The Kier molecular flexibility index (Phi) is 4.70. The number of fused-ring (bicyclic) bond motifs is 1. The van der Waals surface area contributed by atoms with E-state index in [1.165, 1.54) is 17.3 Å². The molecule has 10 nitrogen and oxygen atoms in total. The number of likely N-dealkylation sites (tertiary alicyclic amines) is 2. The standard InChI is InChI=1S/C23H22N6O4/c30-22-20(16-2-1-7-24-11-16)21(15-3-4-18-19(10-15)33-14-32-18)29(22)17-5-8-27(9-6-17)23(31)28-13-25-12-26-28/h1-4,7,10-13,17,20-21H,5-6,8-9,14H2/t20-,21-/m1/s1. The molecule has 0 spiro atoms. The average molecular weight is 446 g/mol. The molecule has 2 fully saturated rings. The first-order valence-corrected chi connectivity index (χ1v) is 11.0. The Labute approximate surface area is 189 Å². The number of ether oxygens (including phenoxy) is 2. The molecule has 2 atom stereocenters. The van der Waals surface area contributed by atoms with Gasteiger partial charge in [0.2, 0.25) is 12.7 Å². The topological polar surface area (TPSA) is 103 Å². The van der Waals surface area contributed by atoms with E-state index in [2.05, 4.69) is 15.1 Å². The number of benzene rings is 1. The number of nitrogens with zero attached hydrogens (tertiary/aromatic N) is 6. The first kappa shape index (κ1) is 19.7. The van der Waals surface area contributed by atoms with Crippen LogP contribution in [-0.2, 0) is 4.79 Å². The summed E-state index contributed by atoms with van der Waals surface area (Å²) in [5.41, 5.74) is 1.91. The first-order valence-electron chi connectivity index (χ1n) is 11.0. The minimum absolute atomic E-state index is 0.0423. The van der Waals surface area contributed by atoms with Gasteiger partial charge >= 0.3 is 6.03 Å². The van der Waals surface area contributed by atoms with Crippen molar-refractivity contribution in [3.8, 4) is 11.5 Å². The number of aromatic nitrogens is 4. The van der Waals surface area contributed by atoms with Crippen LogP contribution in [0, 0.1) is 0 Å². The second-order valence-corrected chi connectivity index (χ2v) is 8.41. The van der Waals surface area contributed by atoms with E-state index in [0.29, 0.717) is 37.4 Å². The van der Waals surface area contributed by atoms with Gasteiger partial charge in [-0.05, 0) is 42.2 Å². The van der Waals surface area contributed by atoms with Crippen LogP contribution in [0.2, 0.25) is 0 Å². The maximum absolute atomic E-state index is 13.4. The maximum Gasteiger partial charge on any atom is 0.346 e. The summed E-state index contributed by atoms with van der Waals surface area (Å²) in [7, 11) is 0. The van der Waals surface area contributed by atoms with Crippen LogP contribution >= 0.6 is 0 Å². The summed E-state index contributed by atoms with van der Waals surface area (Å²) in [6.45, 7) is 1.31. The summed E-state index contributed by atoms with van der Waals surface area (Å²) < 4.78 is 12.3. The second-order valence-electron chi connectivity index (χ2n) is 8.41. The summed E-state index contributed by atoms with van der Waals surface area (Å²) in [5, 5.41) is 3.93. The number of rotatable bonds is 3. The van der Waals surface area contributed by atoms with Crippen molar-refractivity contribution in [2.75, 3.05) is 19.9 Å². The van der Waals surface area contributed by atoms with Crippen LogP contribution in [0.3, 0.4) is 0 Å². The molecule has 0 unspecified atom stereocenters. The zero-order valence-corrected chi connectivity index (χ0v) is 17.8. The molecule has 3 aliphatic heterocycles. The van der Waals surface area contributed by atoms with E-state index >= 15 is 0 Å². The van der Waals surface area contributed by atoms with Gasteiger partial charge in [-0.25, -0.2) is 9.78 Å². The number of hydrogen-bond donors (Lipinski definition) is 0. The van der Waals surface area contributed by atoms with Gasteiger partial charge < -0.3 is 19.3 Å². The van der Waals surface area contributed by atoms with Gasteiger partial charge in [0.05, 0.1) is 12.0 Å². The molecule has 6 rings (SSSR count). The highest BCUT2D eigenvalue weighted by Crippen LogP contribution is 2.50. The molecule has 0 saturated carbocycles. The van der Waals surface area contributed by atoms with Crippen molar-refractivity contribution >= 4 is 11.9 Å². The van der Waals surface area contributed by atoms with Crippen LogP contribution in [-0.4, -0.2) is 67.4 Å². The summed E-state index contributed by atoms with van der Waals surface area (Å²) in [6, 6.07) is 9.41. The van der Waals surface area contributed by atoms with Gasteiger partial charge in [0.25, 0.3) is 0 Å². The molecule has 0 bridgehead atoms. The van der Waals surface area contributed by atoms with Gasteiger partial charge in [-0.1, -0.05) is 12.1 Å². The monoisotopic (exact) mass is 446 g/mol. The number of pyridine rings is 1. The number of β-lactam (4-membered cyclic amide) rings is 1. The Bertz CT molecular complexity index is 1180. The van der Waals surface area contributed by atoms with Crippen LogP contribution < -0.4 is 9.47 Å². The van der Waals surface area contributed by atoms with Crippen molar-refractivity contribution in [3.63, 3.8) is 0 Å². The normalized spacial score (nSPS) is 22.4. The molecule has 3 aromatic rings. The fourth-order valence-corrected chi connectivity index (χ4v) is 5.04. The molecule has 2 saturated heterocycles. The molecular weight excluding hydrogens is 424 g/mol. The summed E-state index contributed by atoms with van der Waals surface area (Å²) in [4.78, 5) is 37.8. The number of carbonyl (C=O) groups is 2. The van der Waals surface area contributed by atoms with Gasteiger partial charge in [0.1, 0.15) is 12.7 Å². The zero-order chi connectivity index (χ0) is 22.4. The maximum atomic E-state index is 13.4. The molecule has 10 heteroatoms. The highest BCUT2D eigenvalue weighted by atomic mass is 16.7. The van der Waals surface area contributed by atoms with Crippen molar-refractivity contribution in [2.24, 2.45) is 0 Å². The van der Waals surface area contributed by atoms with Gasteiger partial charge in [0, 0.05) is 31.5 Å². The lowest BCUT2D eigenvalue weighted by Gasteiger charge is -2.53. The lowest BCUT2D eigenvalue weighted by Crippen LogP contribution is -2.60. The van der Waals surface area contributed by atoms with Crippen molar-refractivity contribution in [1.82, 2.24) is 29.5 Å². The molecule has 33 heavy (non-hydrogen) atoms. The van der Waals surface area contributed by atoms with E-state index in [1.807, 2.05) is 35.2 Å². The van der Waals surface area contributed by atoms with E-state index in [1.54, 1.807) is 17.3 Å². The molecule has 1 aromatic carbocycles. The number of amides is 2. The zero-order valence-electron chi connectivity index (χ0n) is 17.8. The Morgan fingerprint density at radius 1 is 1.03 bits per heavy atom. The highest BCUT2D eigenvalue weighted by molar-refractivity contribution is 5.92. The quantitative estimate of drug-likeness (QED) is 0.568. The summed E-state index contributed by atoms with van der Waals surface area (Å²) in [5.74, 6) is 1.21. The van der Waals surface area contributed by atoms with Crippen LogP contribution in [0.4, 0.5) is 4.79 Å². The molecule has 2 aromatic heterocycles. The Morgan fingerprint density at radius 2 is 1.88 bits per heavy atom. The predicted octanol–water partition coefficient (Wildman–Crippen LogP) is 2.20. The lowest BCUT2D eigenvalue weighted by molar-refractivity contribution is -0.156. The number of piperidine rings is 1. The third-order valence-electron chi connectivity index (χ3n) is 6.66. The molecule has 3 aliphatic rings. The van der Waals surface area contributed by atoms with E-state index in [9.17, 15) is 9.59 Å². The Balaban J connectivity index is 1.25. The van der Waals surface area contributed by atoms with Gasteiger partial charge in [-0.15, -0.1) is 0 Å². The number of carbonyl (C=O) groups excluding carboxylic acids is 2. The highest BCUT2D eigenvalue weighted by Gasteiger charge is 2.52. The molecule has 5 heterocycles. The third kappa shape index (κ3) is 3.29. The molecule has 168 valence electrons. The van der Waals surface area contributed by atoms with Crippen LogP contribution in [0.25, 0.3) is 0 Å². The summed E-state index contributed by atoms with van der Waals surface area (Å²) >= 11 is 0.